The maximum Gasteiger partial charge on any atom is 0.313 e. The molecule has 1 aliphatic rings. The van der Waals surface area contributed by atoms with Crippen LogP contribution in [0.25, 0.3) is 0 Å². The van der Waals surface area contributed by atoms with Crippen molar-refractivity contribution in [3.63, 3.8) is 0 Å². The second kappa shape index (κ2) is 3.27. The van der Waals surface area contributed by atoms with Crippen LogP contribution in [-0.2, 0) is 4.79 Å². The van der Waals surface area contributed by atoms with Gasteiger partial charge in [0.25, 0.3) is 0 Å². The summed E-state index contributed by atoms with van der Waals surface area (Å²) in [6.07, 6.45) is 5.74. The predicted octanol–water partition coefficient (Wildman–Crippen LogP) is 1.14. The Morgan fingerprint density at radius 1 is 1.75 bits per heavy atom. The smallest absolute Gasteiger partial charge is 0.313 e. The second-order valence-electron chi connectivity index (χ2n) is 3.44. The van der Waals surface area contributed by atoms with Crippen molar-refractivity contribution in [3.8, 4) is 0 Å². The van der Waals surface area contributed by atoms with Crippen molar-refractivity contribution >= 4 is 5.97 Å². The van der Waals surface area contributed by atoms with Crippen molar-refractivity contribution < 1.29 is 9.90 Å². The van der Waals surface area contributed by atoms with Crippen molar-refractivity contribution in [3.05, 3.63) is 12.2 Å². The molecule has 3 nitrogen and oxygen atoms in total. The fourth-order valence-electron chi connectivity index (χ4n) is 1.60. The van der Waals surface area contributed by atoms with E-state index in [-0.39, 0.29) is 6.04 Å². The molecule has 3 heteroatoms. The standard InChI is InChI=1S/C9H15NO2/c1-2-3-4-9(8(11)12)5-7(10)6-9/h3-4,7H,2,5-6,10H2,1H3,(H,11,12)/b4-3+. The summed E-state index contributed by atoms with van der Waals surface area (Å²) in [4.78, 5) is 10.8. The van der Waals surface area contributed by atoms with Crippen LogP contribution in [0.1, 0.15) is 26.2 Å². The van der Waals surface area contributed by atoms with E-state index < -0.39 is 11.4 Å². The van der Waals surface area contributed by atoms with Gasteiger partial charge in [0, 0.05) is 6.04 Å². The molecule has 0 aromatic rings. The molecule has 0 unspecified atom stereocenters. The number of carboxylic acids is 1. The summed E-state index contributed by atoms with van der Waals surface area (Å²) in [5.74, 6) is -0.742. The molecule has 0 atom stereocenters. The third-order valence-corrected chi connectivity index (χ3v) is 2.35. The van der Waals surface area contributed by atoms with Crippen LogP contribution in [0.3, 0.4) is 0 Å². The highest BCUT2D eigenvalue weighted by Gasteiger charge is 2.46. The maximum atomic E-state index is 10.8. The van der Waals surface area contributed by atoms with Crippen LogP contribution >= 0.6 is 0 Å². The molecule has 68 valence electrons. The quantitative estimate of drug-likeness (QED) is 0.623. The minimum absolute atomic E-state index is 0.0719. The molecule has 0 aliphatic heterocycles. The van der Waals surface area contributed by atoms with Crippen molar-refractivity contribution in [2.45, 2.75) is 32.2 Å². The van der Waals surface area contributed by atoms with E-state index >= 15 is 0 Å². The highest BCUT2D eigenvalue weighted by Crippen LogP contribution is 2.41. The average Bonchev–Trinajstić information content (AvgIpc) is 1.95. The molecule has 1 aliphatic carbocycles. The first-order valence-corrected chi connectivity index (χ1v) is 4.27. The molecule has 0 saturated heterocycles. The van der Waals surface area contributed by atoms with E-state index in [1.54, 1.807) is 6.08 Å². The van der Waals surface area contributed by atoms with Gasteiger partial charge in [-0.15, -0.1) is 0 Å². The summed E-state index contributed by atoms with van der Waals surface area (Å²) in [7, 11) is 0. The monoisotopic (exact) mass is 169 g/mol. The molecule has 12 heavy (non-hydrogen) atoms. The van der Waals surface area contributed by atoms with E-state index in [4.69, 9.17) is 10.8 Å². The zero-order valence-electron chi connectivity index (χ0n) is 7.29. The van der Waals surface area contributed by atoms with E-state index in [9.17, 15) is 4.79 Å². The normalized spacial score (nSPS) is 35.0. The Labute approximate surface area is 72.3 Å². The Morgan fingerprint density at radius 3 is 2.67 bits per heavy atom. The molecule has 1 fully saturated rings. The molecule has 0 bridgehead atoms. The Morgan fingerprint density at radius 2 is 2.33 bits per heavy atom. The van der Waals surface area contributed by atoms with Gasteiger partial charge in [0.05, 0.1) is 5.41 Å². The average molecular weight is 169 g/mol. The third kappa shape index (κ3) is 1.50. The number of carbonyl (C=O) groups is 1. The molecular formula is C9H15NO2. The Kier molecular flexibility index (Phi) is 2.52. The van der Waals surface area contributed by atoms with E-state index in [1.807, 2.05) is 13.0 Å². The zero-order valence-corrected chi connectivity index (χ0v) is 7.29. The number of hydrogen-bond donors (Lipinski definition) is 2. The zero-order chi connectivity index (χ0) is 9.19. The number of rotatable bonds is 3. The first-order chi connectivity index (χ1) is 5.60. The van der Waals surface area contributed by atoms with Crippen LogP contribution in [0, 0.1) is 5.41 Å². The van der Waals surface area contributed by atoms with Crippen LogP contribution in [0.15, 0.2) is 12.2 Å². The minimum atomic E-state index is -0.742. The topological polar surface area (TPSA) is 63.3 Å². The lowest BCUT2D eigenvalue weighted by Crippen LogP contribution is -2.49. The predicted molar refractivity (Wildman–Crippen MR) is 46.7 cm³/mol. The van der Waals surface area contributed by atoms with Gasteiger partial charge in [-0.2, -0.15) is 0 Å². The first kappa shape index (κ1) is 9.26. The summed E-state index contributed by atoms with van der Waals surface area (Å²) in [6, 6.07) is 0.0719. The molecule has 0 radical (unpaired) electrons. The number of carboxylic acid groups (broad SMARTS) is 1. The number of hydrogen-bond acceptors (Lipinski definition) is 2. The van der Waals surface area contributed by atoms with Gasteiger partial charge < -0.3 is 10.8 Å². The van der Waals surface area contributed by atoms with Gasteiger partial charge in [-0.1, -0.05) is 19.1 Å². The lowest BCUT2D eigenvalue weighted by Gasteiger charge is -2.40. The van der Waals surface area contributed by atoms with E-state index in [0.717, 1.165) is 6.42 Å². The van der Waals surface area contributed by atoms with Crippen LogP contribution in [0.2, 0.25) is 0 Å². The van der Waals surface area contributed by atoms with Gasteiger partial charge in [0.15, 0.2) is 0 Å². The molecule has 1 rings (SSSR count). The minimum Gasteiger partial charge on any atom is -0.481 e. The Hall–Kier alpha value is -0.830. The van der Waals surface area contributed by atoms with Gasteiger partial charge in [0.1, 0.15) is 0 Å². The summed E-state index contributed by atoms with van der Waals surface area (Å²) in [5, 5.41) is 8.92. The van der Waals surface area contributed by atoms with E-state index in [2.05, 4.69) is 0 Å². The summed E-state index contributed by atoms with van der Waals surface area (Å²) >= 11 is 0. The number of allylic oxidation sites excluding steroid dienone is 1. The van der Waals surface area contributed by atoms with E-state index in [1.165, 1.54) is 0 Å². The van der Waals surface area contributed by atoms with Gasteiger partial charge in [-0.3, -0.25) is 4.79 Å². The maximum absolute atomic E-state index is 10.8. The van der Waals surface area contributed by atoms with Crippen molar-refractivity contribution in [1.82, 2.24) is 0 Å². The van der Waals surface area contributed by atoms with Crippen LogP contribution in [0.5, 0.6) is 0 Å². The van der Waals surface area contributed by atoms with Gasteiger partial charge >= 0.3 is 5.97 Å². The lowest BCUT2D eigenvalue weighted by atomic mass is 9.65. The molecule has 0 heterocycles. The van der Waals surface area contributed by atoms with Crippen molar-refractivity contribution in [1.29, 1.82) is 0 Å². The first-order valence-electron chi connectivity index (χ1n) is 4.27. The third-order valence-electron chi connectivity index (χ3n) is 2.35. The van der Waals surface area contributed by atoms with Gasteiger partial charge in [0.2, 0.25) is 0 Å². The second-order valence-corrected chi connectivity index (χ2v) is 3.44. The van der Waals surface area contributed by atoms with Crippen molar-refractivity contribution in [2.24, 2.45) is 11.1 Å². The lowest BCUT2D eigenvalue weighted by molar-refractivity contribution is -0.151. The largest absolute Gasteiger partial charge is 0.481 e. The van der Waals surface area contributed by atoms with Gasteiger partial charge in [-0.05, 0) is 19.3 Å². The summed E-state index contributed by atoms with van der Waals surface area (Å²) in [5.41, 5.74) is 4.92. The molecule has 0 spiro atoms. The molecule has 0 aromatic carbocycles. The fraction of sp³-hybridized carbons (Fsp3) is 0.667. The van der Waals surface area contributed by atoms with Crippen LogP contribution < -0.4 is 5.73 Å². The van der Waals surface area contributed by atoms with E-state index in [0.29, 0.717) is 12.8 Å². The number of nitrogens with two attached hydrogens (primary N) is 1. The summed E-state index contributed by atoms with van der Waals surface area (Å²) < 4.78 is 0. The highest BCUT2D eigenvalue weighted by atomic mass is 16.4. The summed E-state index contributed by atoms with van der Waals surface area (Å²) in [6.45, 7) is 1.99. The molecule has 0 amide bonds. The molecule has 0 aromatic heterocycles. The van der Waals surface area contributed by atoms with Crippen LogP contribution in [0.4, 0.5) is 0 Å². The van der Waals surface area contributed by atoms with Gasteiger partial charge in [-0.25, -0.2) is 0 Å². The Bertz CT molecular complexity index is 205. The molecular weight excluding hydrogens is 154 g/mol. The van der Waals surface area contributed by atoms with Crippen LogP contribution in [-0.4, -0.2) is 17.1 Å². The Balaban J connectivity index is 2.63. The molecule has 1 saturated carbocycles. The highest BCUT2D eigenvalue weighted by molar-refractivity contribution is 5.78. The molecule has 3 N–H and O–H groups in total. The van der Waals surface area contributed by atoms with Crippen molar-refractivity contribution in [2.75, 3.05) is 0 Å². The fourth-order valence-corrected chi connectivity index (χ4v) is 1.60. The number of aliphatic carboxylic acids is 1. The SMILES string of the molecule is CC/C=C/C1(C(=O)O)CC(N)C1.